The van der Waals surface area contributed by atoms with Crippen LogP contribution in [0.25, 0.3) is 0 Å². The Morgan fingerprint density at radius 3 is 2.68 bits per heavy atom. The number of hydrogen-bond donors (Lipinski definition) is 3. The first-order valence-electron chi connectivity index (χ1n) is 7.87. The Morgan fingerprint density at radius 1 is 1.32 bits per heavy atom. The summed E-state index contributed by atoms with van der Waals surface area (Å²) in [7, 11) is 0. The minimum absolute atomic E-state index is 0.162. The second-order valence-corrected chi connectivity index (χ2v) is 6.72. The molecule has 1 aromatic carbocycles. The minimum atomic E-state index is -1.10. The molecule has 134 valence electrons. The predicted molar refractivity (Wildman–Crippen MR) is 94.7 cm³/mol. The van der Waals surface area contributed by atoms with Crippen LogP contribution in [0, 0.1) is 6.92 Å². The number of hydrogen-bond acceptors (Lipinski definition) is 6. The maximum atomic E-state index is 11.6. The molecular weight excluding hydrogens is 342 g/mol. The lowest BCUT2D eigenvalue weighted by Gasteiger charge is -2.17. The monoisotopic (exact) mass is 363 g/mol. The van der Waals surface area contributed by atoms with Crippen LogP contribution in [-0.4, -0.2) is 35.2 Å². The maximum absolute atomic E-state index is 11.6. The van der Waals surface area contributed by atoms with Crippen LogP contribution in [0.15, 0.2) is 36.4 Å². The summed E-state index contributed by atoms with van der Waals surface area (Å²) in [5.41, 5.74) is 1.64. The highest BCUT2D eigenvalue weighted by Crippen LogP contribution is 2.29. The average molecular weight is 363 g/mol. The van der Waals surface area contributed by atoms with Crippen molar-refractivity contribution in [2.24, 2.45) is 0 Å². The van der Waals surface area contributed by atoms with Crippen molar-refractivity contribution < 1.29 is 24.5 Å². The summed E-state index contributed by atoms with van der Waals surface area (Å²) in [5, 5.41) is 22.8. The molecule has 2 rings (SSSR count). The summed E-state index contributed by atoms with van der Waals surface area (Å²) in [6, 6.07) is 11.0. The molecule has 0 bridgehead atoms. The second kappa shape index (κ2) is 9.31. The topological polar surface area (TPSA) is 95.9 Å². The molecule has 25 heavy (non-hydrogen) atoms. The lowest BCUT2D eigenvalue weighted by atomic mass is 10.1. The summed E-state index contributed by atoms with van der Waals surface area (Å²) >= 11 is 1.15. The van der Waals surface area contributed by atoms with E-state index in [1.165, 1.54) is 0 Å². The largest absolute Gasteiger partial charge is 0.445 e. The molecule has 0 radical (unpaired) electrons. The first-order valence-corrected chi connectivity index (χ1v) is 8.69. The molecular formula is C18H21NO5S. The molecule has 2 atom stereocenters. The standard InChI is InChI=1S/C18H21NO5S/c1-12-9-14(10-20)25-17(12)16(22)15(21)7-8-19-18(23)24-11-13-5-3-2-4-6-13/h2-6,9-10,15-16,21-22H,7-8,11H2,1H3,(H,19,23). The summed E-state index contributed by atoms with van der Waals surface area (Å²) in [6.07, 6.45) is -1.85. The molecule has 1 aromatic heterocycles. The van der Waals surface area contributed by atoms with Gasteiger partial charge in [0.15, 0.2) is 6.29 Å². The highest BCUT2D eigenvalue weighted by Gasteiger charge is 2.22. The normalized spacial score (nSPS) is 13.1. The number of carbonyl (C=O) groups is 2. The van der Waals surface area contributed by atoms with Crippen LogP contribution in [-0.2, 0) is 11.3 Å². The average Bonchev–Trinajstić information content (AvgIpc) is 3.01. The number of alkyl carbamates (subject to hydrolysis) is 1. The third-order valence-electron chi connectivity index (χ3n) is 3.65. The molecule has 0 spiro atoms. The van der Waals surface area contributed by atoms with Gasteiger partial charge in [0.1, 0.15) is 12.7 Å². The van der Waals surface area contributed by atoms with E-state index in [4.69, 9.17) is 4.74 Å². The van der Waals surface area contributed by atoms with Gasteiger partial charge in [0.05, 0.1) is 11.0 Å². The van der Waals surface area contributed by atoms with E-state index >= 15 is 0 Å². The third-order valence-corrected chi connectivity index (χ3v) is 4.88. The number of aldehydes is 1. The van der Waals surface area contributed by atoms with E-state index in [2.05, 4.69) is 5.32 Å². The molecule has 2 aromatic rings. The summed E-state index contributed by atoms with van der Waals surface area (Å²) in [5.74, 6) is 0. The van der Waals surface area contributed by atoms with Gasteiger partial charge in [-0.05, 0) is 30.5 Å². The lowest BCUT2D eigenvalue weighted by molar-refractivity contribution is 0.0154. The smallest absolute Gasteiger partial charge is 0.407 e. The van der Waals surface area contributed by atoms with E-state index in [1.54, 1.807) is 13.0 Å². The molecule has 0 fully saturated rings. The van der Waals surface area contributed by atoms with Gasteiger partial charge in [0, 0.05) is 11.4 Å². The van der Waals surface area contributed by atoms with E-state index in [0.717, 1.165) is 22.5 Å². The predicted octanol–water partition coefficient (Wildman–Crippen LogP) is 2.58. The Labute approximate surface area is 150 Å². The number of nitrogens with one attached hydrogen (secondary N) is 1. The van der Waals surface area contributed by atoms with Crippen molar-refractivity contribution in [2.45, 2.75) is 32.2 Å². The third kappa shape index (κ3) is 5.67. The number of aliphatic hydroxyl groups is 2. The molecule has 0 aliphatic carbocycles. The number of thiophene rings is 1. The SMILES string of the molecule is Cc1cc(C=O)sc1C(O)C(O)CCNC(=O)OCc1ccccc1. The van der Waals surface area contributed by atoms with Crippen molar-refractivity contribution in [3.63, 3.8) is 0 Å². The fraction of sp³-hybridized carbons (Fsp3) is 0.333. The fourth-order valence-corrected chi connectivity index (χ4v) is 3.34. The number of amides is 1. The van der Waals surface area contributed by atoms with Crippen molar-refractivity contribution in [1.82, 2.24) is 5.32 Å². The summed E-state index contributed by atoms with van der Waals surface area (Å²) in [6.45, 7) is 2.10. The first-order chi connectivity index (χ1) is 12.0. The zero-order valence-electron chi connectivity index (χ0n) is 13.8. The Morgan fingerprint density at radius 2 is 2.04 bits per heavy atom. The van der Waals surface area contributed by atoms with Crippen LogP contribution in [0.2, 0.25) is 0 Å². The summed E-state index contributed by atoms with van der Waals surface area (Å²) < 4.78 is 5.06. The van der Waals surface area contributed by atoms with E-state index in [9.17, 15) is 19.8 Å². The van der Waals surface area contributed by atoms with Gasteiger partial charge in [-0.3, -0.25) is 4.79 Å². The van der Waals surface area contributed by atoms with Crippen LogP contribution in [0.1, 0.15) is 38.2 Å². The molecule has 0 aliphatic rings. The zero-order valence-corrected chi connectivity index (χ0v) is 14.7. The van der Waals surface area contributed by atoms with Gasteiger partial charge >= 0.3 is 6.09 Å². The van der Waals surface area contributed by atoms with Crippen molar-refractivity contribution in [2.75, 3.05) is 6.54 Å². The number of ether oxygens (including phenoxy) is 1. The van der Waals surface area contributed by atoms with Crippen molar-refractivity contribution in [3.8, 4) is 0 Å². The van der Waals surface area contributed by atoms with Gasteiger partial charge in [-0.15, -0.1) is 11.3 Å². The second-order valence-electron chi connectivity index (χ2n) is 5.60. The number of carbonyl (C=O) groups excluding carboxylic acids is 2. The van der Waals surface area contributed by atoms with Gasteiger partial charge in [0.25, 0.3) is 0 Å². The molecule has 0 aliphatic heterocycles. The van der Waals surface area contributed by atoms with Gasteiger partial charge in [-0.1, -0.05) is 30.3 Å². The maximum Gasteiger partial charge on any atom is 0.407 e. The van der Waals surface area contributed by atoms with Gasteiger partial charge in [-0.25, -0.2) is 4.79 Å². The van der Waals surface area contributed by atoms with Crippen LogP contribution >= 0.6 is 11.3 Å². The Bertz CT molecular complexity index is 701. The Hall–Kier alpha value is -2.22. The van der Waals surface area contributed by atoms with Crippen LogP contribution in [0.4, 0.5) is 4.79 Å². The zero-order chi connectivity index (χ0) is 18.2. The Kier molecular flexibility index (Phi) is 7.12. The molecule has 0 saturated carbocycles. The molecule has 7 heteroatoms. The van der Waals surface area contributed by atoms with E-state index < -0.39 is 18.3 Å². The van der Waals surface area contributed by atoms with E-state index in [-0.39, 0.29) is 19.6 Å². The molecule has 0 saturated heterocycles. The quantitative estimate of drug-likeness (QED) is 0.627. The molecule has 6 nitrogen and oxygen atoms in total. The van der Waals surface area contributed by atoms with Crippen LogP contribution < -0.4 is 5.32 Å². The van der Waals surface area contributed by atoms with E-state index in [1.807, 2.05) is 30.3 Å². The van der Waals surface area contributed by atoms with Crippen LogP contribution in [0.5, 0.6) is 0 Å². The lowest BCUT2D eigenvalue weighted by Crippen LogP contribution is -2.29. The molecule has 1 amide bonds. The van der Waals surface area contributed by atoms with Crippen molar-refractivity contribution in [3.05, 3.63) is 57.3 Å². The number of aryl methyl sites for hydroxylation is 1. The van der Waals surface area contributed by atoms with Crippen molar-refractivity contribution >= 4 is 23.7 Å². The Balaban J connectivity index is 1.73. The van der Waals surface area contributed by atoms with Gasteiger partial charge < -0.3 is 20.3 Å². The van der Waals surface area contributed by atoms with Gasteiger partial charge in [-0.2, -0.15) is 0 Å². The van der Waals surface area contributed by atoms with Gasteiger partial charge in [0.2, 0.25) is 0 Å². The first kappa shape index (κ1) is 19.1. The molecule has 1 heterocycles. The minimum Gasteiger partial charge on any atom is -0.445 e. The number of rotatable bonds is 8. The fourth-order valence-electron chi connectivity index (χ4n) is 2.30. The van der Waals surface area contributed by atoms with E-state index in [0.29, 0.717) is 16.0 Å². The highest BCUT2D eigenvalue weighted by atomic mass is 32.1. The number of benzene rings is 1. The summed E-state index contributed by atoms with van der Waals surface area (Å²) in [4.78, 5) is 23.5. The molecule has 3 N–H and O–H groups in total. The highest BCUT2D eigenvalue weighted by molar-refractivity contribution is 7.13. The number of aliphatic hydroxyl groups excluding tert-OH is 2. The molecule has 2 unspecified atom stereocenters. The van der Waals surface area contributed by atoms with Crippen molar-refractivity contribution in [1.29, 1.82) is 0 Å². The van der Waals surface area contributed by atoms with Crippen LogP contribution in [0.3, 0.4) is 0 Å².